The molecule has 0 aliphatic carbocycles. The van der Waals surface area contributed by atoms with Gasteiger partial charge >= 0.3 is 0 Å². The van der Waals surface area contributed by atoms with Crippen LogP contribution in [0.3, 0.4) is 0 Å². The molecule has 0 unspecified atom stereocenters. The summed E-state index contributed by atoms with van der Waals surface area (Å²) in [6.07, 6.45) is -3.86. The monoisotopic (exact) mass is 469 g/mol. The summed E-state index contributed by atoms with van der Waals surface area (Å²) in [6.45, 7) is 0.458. The van der Waals surface area contributed by atoms with Crippen molar-refractivity contribution in [1.29, 1.82) is 0 Å². The van der Waals surface area contributed by atoms with Gasteiger partial charge in [0.1, 0.15) is 12.2 Å². The number of amides is 1. The third-order valence-electron chi connectivity index (χ3n) is 3.28. The highest BCUT2D eigenvalue weighted by Gasteiger charge is 2.51. The largest absolute Gasteiger partial charge is 0.353 e. The van der Waals surface area contributed by atoms with Gasteiger partial charge in [-0.15, -0.1) is 0 Å². The first-order chi connectivity index (χ1) is 12.5. The Morgan fingerprint density at radius 1 is 0.929 bits per heavy atom. The van der Waals surface area contributed by atoms with Crippen molar-refractivity contribution >= 4 is 36.3 Å². The normalized spacial score (nSPS) is 29.4. The minimum absolute atomic E-state index is 0.640. The van der Waals surface area contributed by atoms with E-state index >= 15 is 0 Å². The van der Waals surface area contributed by atoms with Crippen molar-refractivity contribution in [2.45, 2.75) is 37.6 Å². The van der Waals surface area contributed by atoms with E-state index in [-0.39, 0.29) is 0 Å². The second-order valence-electron chi connectivity index (χ2n) is 6.02. The molecule has 0 spiro atoms. The molecule has 0 radical (unpaired) electrons. The Bertz CT molecular complexity index is 866. The van der Waals surface area contributed by atoms with Crippen molar-refractivity contribution in [2.24, 2.45) is 0 Å². The molecule has 1 heterocycles. The van der Waals surface area contributed by atoms with E-state index in [1.165, 1.54) is 0 Å². The zero-order valence-electron chi connectivity index (χ0n) is 15.7. The number of nitrogens with one attached hydrogen (secondary N) is 1. The summed E-state index contributed by atoms with van der Waals surface area (Å²) in [5, 5.41) is 2.34. The minimum atomic E-state index is -4.18. The number of carbonyl (C=O) groups is 1. The zero-order valence-corrected chi connectivity index (χ0v) is 18.2. The number of carbonyl (C=O) groups excluding carboxylic acids is 1. The van der Waals surface area contributed by atoms with Crippen LogP contribution in [0, 0.1) is 0 Å². The van der Waals surface area contributed by atoms with Crippen LogP contribution in [0.1, 0.15) is 6.92 Å². The fourth-order valence-electron chi connectivity index (χ4n) is 2.46. The molecule has 1 aliphatic rings. The lowest BCUT2D eigenvalue weighted by atomic mass is 9.96. The highest BCUT2D eigenvalue weighted by Crippen LogP contribution is 2.29. The van der Waals surface area contributed by atoms with E-state index in [4.69, 9.17) is 17.8 Å². The molecule has 0 bridgehead atoms. The van der Waals surface area contributed by atoms with E-state index in [1.807, 2.05) is 0 Å². The first kappa shape index (κ1) is 25.2. The van der Waals surface area contributed by atoms with Gasteiger partial charge in [0.05, 0.1) is 31.4 Å². The fraction of sp³-hybridized carbons (Fsp3) is 0.917. The van der Waals surface area contributed by atoms with Crippen molar-refractivity contribution in [1.82, 2.24) is 5.32 Å². The van der Waals surface area contributed by atoms with Crippen LogP contribution in [0.5, 0.6) is 0 Å². The van der Waals surface area contributed by atoms with Crippen LogP contribution in [-0.2, 0) is 57.2 Å². The van der Waals surface area contributed by atoms with Crippen LogP contribution in [0.2, 0.25) is 0 Å². The second kappa shape index (κ2) is 9.29. The molecule has 0 saturated carbocycles. The Hall–Kier alpha value is -0.880. The van der Waals surface area contributed by atoms with E-state index in [0.29, 0.717) is 12.5 Å². The van der Waals surface area contributed by atoms with Crippen LogP contribution < -0.4 is 5.32 Å². The quantitative estimate of drug-likeness (QED) is 0.352. The predicted molar refractivity (Wildman–Crippen MR) is 93.5 cm³/mol. The average Bonchev–Trinajstić information content (AvgIpc) is 2.45. The molecular weight excluding hydrogens is 446 g/mol. The lowest BCUT2D eigenvalue weighted by molar-refractivity contribution is -0.258. The number of rotatable bonds is 9. The average molecular weight is 470 g/mol. The van der Waals surface area contributed by atoms with Gasteiger partial charge in [0.2, 0.25) is 5.91 Å². The first-order valence-corrected chi connectivity index (χ1v) is 13.0. The summed E-state index contributed by atoms with van der Waals surface area (Å²) in [6, 6.07) is -1.35. The topological polar surface area (TPSA) is 178 Å². The van der Waals surface area contributed by atoms with E-state index < -0.39 is 73.5 Å². The smallest absolute Gasteiger partial charge is 0.264 e. The Labute approximate surface area is 164 Å². The Morgan fingerprint density at radius 2 is 1.43 bits per heavy atom. The van der Waals surface area contributed by atoms with Crippen molar-refractivity contribution in [3.05, 3.63) is 0 Å². The van der Waals surface area contributed by atoms with E-state index in [1.54, 1.807) is 0 Å². The molecule has 0 aromatic rings. The van der Waals surface area contributed by atoms with E-state index in [9.17, 15) is 30.0 Å². The molecule has 1 fully saturated rings. The molecular formula is C12H23NO12S3. The maximum atomic E-state index is 11.7. The maximum absolute atomic E-state index is 11.7. The lowest BCUT2D eigenvalue weighted by Gasteiger charge is -2.44. The summed E-state index contributed by atoms with van der Waals surface area (Å²) in [5.74, 6) is -0.658. The molecule has 0 aromatic heterocycles. The van der Waals surface area contributed by atoms with Gasteiger partial charge in [-0.05, 0) is 0 Å². The van der Waals surface area contributed by atoms with Gasteiger partial charge in [0, 0.05) is 14.0 Å². The van der Waals surface area contributed by atoms with Gasteiger partial charge in [0.25, 0.3) is 30.4 Å². The second-order valence-corrected chi connectivity index (χ2v) is 10.9. The summed E-state index contributed by atoms with van der Waals surface area (Å²) in [5.41, 5.74) is 0. The SMILES string of the molecule is CO[C@H]1O[C@H](COS(C)(=O)=O)[C@H](NC(C)=O)[C@H](OS(C)(=O)=O)[C@H]1OS(C)(=O)=O. The van der Waals surface area contributed by atoms with Crippen LogP contribution in [0.25, 0.3) is 0 Å². The molecule has 0 aromatic carbocycles. The fourth-order valence-corrected chi connectivity index (χ4v) is 4.07. The number of methoxy groups -OCH3 is 1. The predicted octanol–water partition coefficient (Wildman–Crippen LogP) is -2.47. The van der Waals surface area contributed by atoms with Gasteiger partial charge < -0.3 is 14.8 Å². The Kier molecular flexibility index (Phi) is 8.35. The van der Waals surface area contributed by atoms with E-state index in [0.717, 1.165) is 20.3 Å². The van der Waals surface area contributed by atoms with Crippen LogP contribution in [0.4, 0.5) is 0 Å². The molecule has 16 heteroatoms. The van der Waals surface area contributed by atoms with Crippen LogP contribution in [0.15, 0.2) is 0 Å². The van der Waals surface area contributed by atoms with Crippen LogP contribution >= 0.6 is 0 Å². The van der Waals surface area contributed by atoms with Gasteiger partial charge in [0.15, 0.2) is 12.4 Å². The number of ether oxygens (including phenoxy) is 2. The number of hydrogen-bond acceptors (Lipinski definition) is 12. The molecule has 1 aliphatic heterocycles. The van der Waals surface area contributed by atoms with Crippen molar-refractivity contribution < 1.29 is 52.1 Å². The van der Waals surface area contributed by atoms with Crippen LogP contribution in [-0.4, -0.2) is 94.3 Å². The molecule has 166 valence electrons. The van der Waals surface area contributed by atoms with Gasteiger partial charge in [-0.25, -0.2) is 0 Å². The highest BCUT2D eigenvalue weighted by molar-refractivity contribution is 7.86. The summed E-state index contributed by atoms with van der Waals surface area (Å²) in [4.78, 5) is 11.6. The highest BCUT2D eigenvalue weighted by atomic mass is 32.2. The third-order valence-corrected chi connectivity index (χ3v) is 4.98. The van der Waals surface area contributed by atoms with Gasteiger partial charge in [-0.1, -0.05) is 0 Å². The molecule has 13 nitrogen and oxygen atoms in total. The molecule has 5 atom stereocenters. The van der Waals surface area contributed by atoms with Crippen molar-refractivity contribution in [3.63, 3.8) is 0 Å². The summed E-state index contributed by atoms with van der Waals surface area (Å²) >= 11 is 0. The molecule has 1 saturated heterocycles. The zero-order chi connectivity index (χ0) is 21.9. The Balaban J connectivity index is 3.40. The maximum Gasteiger partial charge on any atom is 0.264 e. The molecule has 1 amide bonds. The number of hydrogen-bond donors (Lipinski definition) is 1. The summed E-state index contributed by atoms with van der Waals surface area (Å²) in [7, 11) is -11.1. The molecule has 28 heavy (non-hydrogen) atoms. The third kappa shape index (κ3) is 8.64. The molecule has 1 N–H and O–H groups in total. The van der Waals surface area contributed by atoms with E-state index in [2.05, 4.69) is 9.50 Å². The molecule has 1 rings (SSSR count). The lowest BCUT2D eigenvalue weighted by Crippen LogP contribution is -2.66. The summed E-state index contributed by atoms with van der Waals surface area (Å²) < 4.78 is 94.2. The minimum Gasteiger partial charge on any atom is -0.353 e. The van der Waals surface area contributed by atoms with Crippen molar-refractivity contribution in [2.75, 3.05) is 32.5 Å². The Morgan fingerprint density at radius 3 is 1.82 bits per heavy atom. The van der Waals surface area contributed by atoms with Gasteiger partial charge in [-0.3, -0.25) is 17.3 Å². The van der Waals surface area contributed by atoms with Gasteiger partial charge in [-0.2, -0.15) is 25.3 Å². The van der Waals surface area contributed by atoms with Crippen molar-refractivity contribution in [3.8, 4) is 0 Å². The first-order valence-electron chi connectivity index (χ1n) is 7.58. The standard InChI is InChI=1S/C12H23NO12S3/c1-7(14)13-9-8(6-22-26(3,15)16)23-12(21-2)11(25-28(5,19)20)10(9)24-27(4,17)18/h8-12H,6H2,1-5H3,(H,13,14)/t8-,9+,10+,11-,12+/m1/s1.